The quantitative estimate of drug-likeness (QED) is 0.758. The predicted octanol–water partition coefficient (Wildman–Crippen LogP) is 1.15. The SMILES string of the molecule is COc1cc(OC)c(N2CC(=O)CC2=O)cc1F. The molecule has 1 aromatic carbocycles. The molecule has 96 valence electrons. The third-order valence-electron chi connectivity index (χ3n) is 2.73. The number of hydrogen-bond donors (Lipinski definition) is 0. The number of anilines is 1. The summed E-state index contributed by atoms with van der Waals surface area (Å²) in [5, 5.41) is 0. The summed E-state index contributed by atoms with van der Waals surface area (Å²) in [4.78, 5) is 24.1. The van der Waals surface area contributed by atoms with Crippen LogP contribution in [0.3, 0.4) is 0 Å². The van der Waals surface area contributed by atoms with Crippen LogP contribution in [0.25, 0.3) is 0 Å². The highest BCUT2D eigenvalue weighted by Crippen LogP contribution is 2.36. The van der Waals surface area contributed by atoms with Gasteiger partial charge in [0.05, 0.1) is 32.9 Å². The maximum absolute atomic E-state index is 13.6. The van der Waals surface area contributed by atoms with E-state index in [1.165, 1.54) is 25.2 Å². The fourth-order valence-electron chi connectivity index (χ4n) is 1.86. The second kappa shape index (κ2) is 4.64. The van der Waals surface area contributed by atoms with Crippen molar-refractivity contribution >= 4 is 17.4 Å². The molecule has 0 spiro atoms. The van der Waals surface area contributed by atoms with Gasteiger partial charge in [-0.1, -0.05) is 0 Å². The fourth-order valence-corrected chi connectivity index (χ4v) is 1.86. The van der Waals surface area contributed by atoms with Crippen LogP contribution in [0.5, 0.6) is 11.5 Å². The molecule has 1 heterocycles. The molecular weight excluding hydrogens is 241 g/mol. The lowest BCUT2D eigenvalue weighted by Gasteiger charge is -2.19. The summed E-state index contributed by atoms with van der Waals surface area (Å²) in [7, 11) is 2.74. The van der Waals surface area contributed by atoms with E-state index in [0.717, 1.165) is 6.07 Å². The van der Waals surface area contributed by atoms with Gasteiger partial charge in [-0.3, -0.25) is 9.59 Å². The van der Waals surface area contributed by atoms with Gasteiger partial charge in [-0.2, -0.15) is 0 Å². The highest BCUT2D eigenvalue weighted by atomic mass is 19.1. The number of methoxy groups -OCH3 is 2. The Morgan fingerprint density at radius 1 is 1.17 bits per heavy atom. The molecule has 1 aliphatic heterocycles. The van der Waals surface area contributed by atoms with Crippen molar-refractivity contribution in [1.29, 1.82) is 0 Å². The topological polar surface area (TPSA) is 55.8 Å². The summed E-state index contributed by atoms with van der Waals surface area (Å²) >= 11 is 0. The first kappa shape index (κ1) is 12.3. The van der Waals surface area contributed by atoms with Crippen molar-refractivity contribution in [3.05, 3.63) is 17.9 Å². The van der Waals surface area contributed by atoms with Crippen LogP contribution < -0.4 is 14.4 Å². The minimum Gasteiger partial charge on any atom is -0.494 e. The number of halogens is 1. The third-order valence-corrected chi connectivity index (χ3v) is 2.73. The molecule has 5 nitrogen and oxygen atoms in total. The molecule has 0 bridgehead atoms. The molecule has 0 unspecified atom stereocenters. The summed E-state index contributed by atoms with van der Waals surface area (Å²) < 4.78 is 23.6. The molecule has 1 aliphatic rings. The van der Waals surface area contributed by atoms with Crippen LogP contribution in [0.1, 0.15) is 6.42 Å². The van der Waals surface area contributed by atoms with Crippen LogP contribution in [0.15, 0.2) is 12.1 Å². The molecule has 0 aliphatic carbocycles. The van der Waals surface area contributed by atoms with E-state index in [4.69, 9.17) is 9.47 Å². The van der Waals surface area contributed by atoms with Gasteiger partial charge >= 0.3 is 0 Å². The molecule has 0 radical (unpaired) electrons. The molecule has 1 fully saturated rings. The zero-order valence-electron chi connectivity index (χ0n) is 10.0. The zero-order chi connectivity index (χ0) is 13.3. The van der Waals surface area contributed by atoms with Crippen LogP contribution >= 0.6 is 0 Å². The highest BCUT2D eigenvalue weighted by molar-refractivity contribution is 6.15. The first-order chi connectivity index (χ1) is 8.56. The number of amides is 1. The Kier molecular flexibility index (Phi) is 3.18. The van der Waals surface area contributed by atoms with E-state index in [2.05, 4.69) is 0 Å². The van der Waals surface area contributed by atoms with Gasteiger partial charge in [-0.15, -0.1) is 0 Å². The Morgan fingerprint density at radius 2 is 1.83 bits per heavy atom. The van der Waals surface area contributed by atoms with Crippen molar-refractivity contribution in [3.8, 4) is 11.5 Å². The number of carbonyl (C=O) groups is 2. The van der Waals surface area contributed by atoms with Crippen molar-refractivity contribution in [2.24, 2.45) is 0 Å². The number of Topliss-reactive ketones (excluding diaryl/α,β-unsaturated/α-hetero) is 1. The lowest BCUT2D eigenvalue weighted by Crippen LogP contribution is -2.25. The molecular formula is C12H12FNO4. The lowest BCUT2D eigenvalue weighted by molar-refractivity contribution is -0.121. The summed E-state index contributed by atoms with van der Waals surface area (Å²) in [5.41, 5.74) is 0.242. The van der Waals surface area contributed by atoms with Gasteiger partial charge in [-0.05, 0) is 0 Å². The van der Waals surface area contributed by atoms with E-state index < -0.39 is 5.82 Å². The number of carbonyl (C=O) groups excluding carboxylic acids is 2. The van der Waals surface area contributed by atoms with Gasteiger partial charge < -0.3 is 14.4 Å². The van der Waals surface area contributed by atoms with Gasteiger partial charge in [0, 0.05) is 12.1 Å². The van der Waals surface area contributed by atoms with Crippen molar-refractivity contribution in [1.82, 2.24) is 0 Å². The largest absolute Gasteiger partial charge is 0.494 e. The Bertz CT molecular complexity index is 515. The lowest BCUT2D eigenvalue weighted by atomic mass is 10.2. The number of ketones is 1. The molecule has 1 amide bonds. The summed E-state index contributed by atoms with van der Waals surface area (Å²) in [6.45, 7) is -0.0546. The predicted molar refractivity (Wildman–Crippen MR) is 61.5 cm³/mol. The normalized spacial score (nSPS) is 15.2. The average Bonchev–Trinajstić information content (AvgIpc) is 2.68. The van der Waals surface area contributed by atoms with Gasteiger partial charge in [-0.25, -0.2) is 4.39 Å². The minimum atomic E-state index is -0.611. The van der Waals surface area contributed by atoms with Crippen LogP contribution in [0.4, 0.5) is 10.1 Å². The van der Waals surface area contributed by atoms with E-state index in [1.54, 1.807) is 0 Å². The van der Waals surface area contributed by atoms with Crippen LogP contribution in [0.2, 0.25) is 0 Å². The smallest absolute Gasteiger partial charge is 0.235 e. The summed E-state index contributed by atoms with van der Waals surface area (Å²) in [5.74, 6) is -0.855. The van der Waals surface area contributed by atoms with E-state index >= 15 is 0 Å². The monoisotopic (exact) mass is 253 g/mol. The van der Waals surface area contributed by atoms with Gasteiger partial charge in [0.2, 0.25) is 5.91 Å². The molecule has 1 saturated heterocycles. The highest BCUT2D eigenvalue weighted by Gasteiger charge is 2.31. The summed E-state index contributed by atoms with van der Waals surface area (Å²) in [6, 6.07) is 2.48. The van der Waals surface area contributed by atoms with E-state index in [9.17, 15) is 14.0 Å². The van der Waals surface area contributed by atoms with Gasteiger partial charge in [0.15, 0.2) is 17.3 Å². The fraction of sp³-hybridized carbons (Fsp3) is 0.333. The second-order valence-corrected chi connectivity index (χ2v) is 3.85. The Balaban J connectivity index is 2.47. The molecule has 0 saturated carbocycles. The molecule has 0 aromatic heterocycles. The van der Waals surface area contributed by atoms with Crippen LogP contribution in [-0.4, -0.2) is 32.5 Å². The standard InChI is InChI=1S/C12H12FNO4/c1-17-10-5-11(18-2)9(4-8(10)13)14-6-7(15)3-12(14)16/h4-5H,3,6H2,1-2H3. The Morgan fingerprint density at radius 3 is 2.33 bits per heavy atom. The van der Waals surface area contributed by atoms with Crippen LogP contribution in [-0.2, 0) is 9.59 Å². The molecule has 6 heteroatoms. The number of hydrogen-bond acceptors (Lipinski definition) is 4. The molecule has 1 aromatic rings. The third kappa shape index (κ3) is 2.01. The minimum absolute atomic E-state index is 0.0218. The first-order valence-electron chi connectivity index (χ1n) is 5.30. The van der Waals surface area contributed by atoms with Gasteiger partial charge in [0.1, 0.15) is 5.75 Å². The van der Waals surface area contributed by atoms with Crippen molar-refractivity contribution in [3.63, 3.8) is 0 Å². The van der Waals surface area contributed by atoms with Gasteiger partial charge in [0.25, 0.3) is 0 Å². The van der Waals surface area contributed by atoms with E-state index in [-0.39, 0.29) is 41.8 Å². The number of ether oxygens (including phenoxy) is 2. The van der Waals surface area contributed by atoms with Crippen LogP contribution in [0, 0.1) is 5.82 Å². The maximum Gasteiger partial charge on any atom is 0.235 e. The average molecular weight is 253 g/mol. The van der Waals surface area contributed by atoms with Crippen molar-refractivity contribution in [2.75, 3.05) is 25.7 Å². The number of nitrogens with zero attached hydrogens (tertiary/aromatic N) is 1. The number of rotatable bonds is 3. The van der Waals surface area contributed by atoms with E-state index in [1.807, 2.05) is 0 Å². The van der Waals surface area contributed by atoms with E-state index in [0.29, 0.717) is 0 Å². The van der Waals surface area contributed by atoms with Crippen molar-refractivity contribution in [2.45, 2.75) is 6.42 Å². The second-order valence-electron chi connectivity index (χ2n) is 3.85. The molecule has 2 rings (SSSR count). The molecule has 18 heavy (non-hydrogen) atoms. The van der Waals surface area contributed by atoms with Crippen molar-refractivity contribution < 1.29 is 23.5 Å². The maximum atomic E-state index is 13.6. The molecule has 0 atom stereocenters. The zero-order valence-corrected chi connectivity index (χ0v) is 10.0. The molecule has 0 N–H and O–H groups in total. The Labute approximate surface area is 103 Å². The summed E-state index contributed by atoms with van der Waals surface area (Å²) in [6.07, 6.45) is -0.156. The Hall–Kier alpha value is -2.11. The number of benzene rings is 1. The first-order valence-corrected chi connectivity index (χ1v) is 5.30.